The monoisotopic (exact) mass is 976 g/mol. The third kappa shape index (κ3) is 14.9. The average Bonchev–Trinajstić information content (AvgIpc) is 3.59. The van der Waals surface area contributed by atoms with Gasteiger partial charge in [-0.15, -0.1) is 0 Å². The van der Waals surface area contributed by atoms with Crippen molar-refractivity contribution in [1.29, 1.82) is 0 Å². The first kappa shape index (κ1) is 57.5. The van der Waals surface area contributed by atoms with E-state index in [9.17, 15) is 19.2 Å². The van der Waals surface area contributed by atoms with Gasteiger partial charge in [0.05, 0.1) is 59.0 Å². The number of esters is 2. The van der Waals surface area contributed by atoms with Gasteiger partial charge in [-0.2, -0.15) is 0 Å². The number of hydrogen-bond donors (Lipinski definition) is 2. The predicted octanol–water partition coefficient (Wildman–Crippen LogP) is 9.59. The standard InChI is InChI=1S/C19H28BNO6.C13H16BrNO4.C12H24B2O4.CH4/c1-17(2,3)25-16(23)21-12-9-10-14(13(11-12)15(22)24-8)20-26-18(4,5)19(6,7)27-20;1-13(2,3)19-12(17)15-8-5-6-10(14)9(7-8)11(16)18-4;1-9(2)10(3,4)16-13(15-9)14-17-11(5,6)12(7,8)18-14;/h9-11H,1-8H3,(H,21,23);5-7H,1-4H3,(H,15,17);1-8H3;1H4. The fourth-order valence-corrected chi connectivity index (χ4v) is 6.22. The van der Waals surface area contributed by atoms with Gasteiger partial charge in [-0.3, -0.25) is 10.6 Å². The van der Waals surface area contributed by atoms with E-state index in [1.54, 1.807) is 65.8 Å². The SMILES string of the molecule is C.CC1(C)OB(B2OC(C)(C)C(C)(C)O2)OC1(C)C.COC(=O)c1cc(NC(=O)OC(C)(C)C)ccc1B1OC(C)(C)C(C)(C)O1.COC(=O)c1cc(NC(=O)OC(C)(C)C)ccc1Br. The lowest BCUT2D eigenvalue weighted by Gasteiger charge is -2.32. The molecule has 2 N–H and O–H groups in total. The molecule has 20 heteroatoms. The molecule has 0 bridgehead atoms. The van der Waals surface area contributed by atoms with Gasteiger partial charge in [0.15, 0.2) is 0 Å². The Morgan fingerprint density at radius 1 is 0.523 bits per heavy atom. The number of benzene rings is 2. The number of nitrogens with one attached hydrogen (secondary N) is 2. The van der Waals surface area contributed by atoms with Crippen molar-refractivity contribution >= 4 is 78.0 Å². The van der Waals surface area contributed by atoms with E-state index in [0.29, 0.717) is 26.9 Å². The van der Waals surface area contributed by atoms with Crippen LogP contribution in [0.1, 0.15) is 153 Å². The van der Waals surface area contributed by atoms with E-state index in [1.165, 1.54) is 26.4 Å². The topological polar surface area (TPSA) is 185 Å². The molecule has 0 aromatic heterocycles. The fraction of sp³-hybridized carbons (Fsp3) is 0.644. The largest absolute Gasteiger partial charge is 0.495 e. The molecular formula is C45H72B3BrN2O14. The van der Waals surface area contributed by atoms with Gasteiger partial charge in [0, 0.05) is 15.8 Å². The fourth-order valence-electron chi connectivity index (χ4n) is 5.81. The van der Waals surface area contributed by atoms with Gasteiger partial charge in [0.25, 0.3) is 0 Å². The molecule has 3 heterocycles. The van der Waals surface area contributed by atoms with Crippen molar-refractivity contribution in [1.82, 2.24) is 0 Å². The van der Waals surface area contributed by atoms with E-state index >= 15 is 0 Å². The Balaban J connectivity index is 0.000000342. The zero-order valence-corrected chi connectivity index (χ0v) is 42.9. The first-order valence-corrected chi connectivity index (χ1v) is 21.8. The molecule has 3 aliphatic heterocycles. The number of carbonyl (C=O) groups excluding carboxylic acids is 4. The van der Waals surface area contributed by atoms with E-state index in [0.717, 1.165) is 0 Å². The van der Waals surface area contributed by atoms with Crippen LogP contribution in [0, 0.1) is 0 Å². The number of amides is 2. The van der Waals surface area contributed by atoms with Crippen molar-refractivity contribution in [2.45, 2.75) is 177 Å². The zero-order chi connectivity index (χ0) is 49.2. The molecule has 0 radical (unpaired) electrons. The van der Waals surface area contributed by atoms with E-state index in [-0.39, 0.29) is 35.4 Å². The van der Waals surface area contributed by atoms with Gasteiger partial charge in [-0.1, -0.05) is 13.5 Å². The molecule has 0 aliphatic carbocycles. The van der Waals surface area contributed by atoms with Crippen molar-refractivity contribution in [3.05, 3.63) is 52.0 Å². The molecule has 3 saturated heterocycles. The van der Waals surface area contributed by atoms with Gasteiger partial charge in [-0.05, 0) is 176 Å². The minimum absolute atomic E-state index is 0. The number of rotatable bonds is 6. The van der Waals surface area contributed by atoms with Crippen LogP contribution < -0.4 is 16.1 Å². The van der Waals surface area contributed by atoms with Crippen LogP contribution in [0.3, 0.4) is 0 Å². The summed E-state index contributed by atoms with van der Waals surface area (Å²) >= 11 is 3.24. The van der Waals surface area contributed by atoms with Crippen LogP contribution in [-0.4, -0.2) is 104 Å². The van der Waals surface area contributed by atoms with Crippen molar-refractivity contribution in [2.75, 3.05) is 24.9 Å². The summed E-state index contributed by atoms with van der Waals surface area (Å²) in [5, 5.41) is 5.17. The van der Waals surface area contributed by atoms with Crippen LogP contribution in [0.5, 0.6) is 0 Å². The lowest BCUT2D eigenvalue weighted by molar-refractivity contribution is 0.00578. The molecule has 2 aromatic rings. The molecule has 0 atom stereocenters. The quantitative estimate of drug-likeness (QED) is 0.158. The van der Waals surface area contributed by atoms with E-state index < -0.39 is 67.7 Å². The third-order valence-electron chi connectivity index (χ3n) is 11.4. The number of carbonyl (C=O) groups is 4. The molecule has 0 unspecified atom stereocenters. The third-order valence-corrected chi connectivity index (χ3v) is 12.1. The molecular weight excluding hydrogens is 905 g/mol. The van der Waals surface area contributed by atoms with Crippen LogP contribution in [0.15, 0.2) is 40.9 Å². The van der Waals surface area contributed by atoms with Gasteiger partial charge in [-0.25, -0.2) is 19.2 Å². The Morgan fingerprint density at radius 3 is 1.17 bits per heavy atom. The second kappa shape index (κ2) is 20.7. The van der Waals surface area contributed by atoms with E-state index in [4.69, 9.17) is 42.1 Å². The van der Waals surface area contributed by atoms with Crippen molar-refractivity contribution < 1.29 is 66.1 Å². The zero-order valence-electron chi connectivity index (χ0n) is 41.3. The Bertz CT molecular complexity index is 1950. The molecule has 0 saturated carbocycles. The first-order chi connectivity index (χ1) is 28.9. The van der Waals surface area contributed by atoms with Gasteiger partial charge in [0.2, 0.25) is 0 Å². The summed E-state index contributed by atoms with van der Waals surface area (Å²) < 4.78 is 56.4. The maximum absolute atomic E-state index is 12.3. The number of halogens is 1. The van der Waals surface area contributed by atoms with Crippen LogP contribution in [0.4, 0.5) is 21.0 Å². The minimum Gasteiger partial charge on any atom is -0.465 e. The van der Waals surface area contributed by atoms with Gasteiger partial charge >= 0.3 is 45.3 Å². The first-order valence-electron chi connectivity index (χ1n) is 21.0. The minimum atomic E-state index is -0.723. The van der Waals surface area contributed by atoms with Crippen LogP contribution in [0.2, 0.25) is 0 Å². The smallest absolute Gasteiger partial charge is 0.465 e. The Labute approximate surface area is 396 Å². The molecule has 5 rings (SSSR count). The molecule has 0 spiro atoms. The number of anilines is 2. The van der Waals surface area contributed by atoms with Crippen LogP contribution >= 0.6 is 15.9 Å². The highest BCUT2D eigenvalue weighted by Crippen LogP contribution is 2.43. The predicted molar refractivity (Wildman–Crippen MR) is 258 cm³/mol. The maximum Gasteiger partial charge on any atom is 0.495 e. The average molecular weight is 977 g/mol. The van der Waals surface area contributed by atoms with Crippen LogP contribution in [0.25, 0.3) is 0 Å². The maximum atomic E-state index is 12.3. The number of ether oxygens (including phenoxy) is 4. The van der Waals surface area contributed by atoms with E-state index in [2.05, 4.69) is 31.3 Å². The summed E-state index contributed by atoms with van der Waals surface area (Å²) in [6, 6.07) is 9.69. The Morgan fingerprint density at radius 2 is 0.831 bits per heavy atom. The number of methoxy groups -OCH3 is 2. The van der Waals surface area contributed by atoms with Gasteiger partial charge in [0.1, 0.15) is 11.2 Å². The van der Waals surface area contributed by atoms with Crippen molar-refractivity contribution in [3.8, 4) is 0 Å². The molecule has 362 valence electrons. The van der Waals surface area contributed by atoms with Crippen LogP contribution in [-0.2, 0) is 46.9 Å². The molecule has 2 amide bonds. The molecule has 3 fully saturated rings. The second-order valence-electron chi connectivity index (χ2n) is 20.6. The summed E-state index contributed by atoms with van der Waals surface area (Å²) in [5.74, 6) is -1.03. The normalized spacial score (nSPS) is 19.6. The summed E-state index contributed by atoms with van der Waals surface area (Å²) in [6.07, 6.45) is -1.19. The van der Waals surface area contributed by atoms with Crippen molar-refractivity contribution in [3.63, 3.8) is 0 Å². The molecule has 2 aromatic carbocycles. The van der Waals surface area contributed by atoms with E-state index in [1.807, 2.05) is 83.1 Å². The highest BCUT2D eigenvalue weighted by atomic mass is 79.9. The number of hydrogen-bond acceptors (Lipinski definition) is 14. The van der Waals surface area contributed by atoms with Gasteiger partial charge < -0.3 is 46.9 Å². The summed E-state index contributed by atoms with van der Waals surface area (Å²) in [4.78, 5) is 47.4. The Kier molecular flexibility index (Phi) is 18.3. The lowest BCUT2D eigenvalue weighted by atomic mass is 9.49. The molecule has 16 nitrogen and oxygen atoms in total. The highest BCUT2D eigenvalue weighted by molar-refractivity contribution is 9.10. The Hall–Kier alpha value is -3.65. The molecule has 3 aliphatic rings. The van der Waals surface area contributed by atoms with Crippen molar-refractivity contribution in [2.24, 2.45) is 0 Å². The highest BCUT2D eigenvalue weighted by Gasteiger charge is 2.63. The second-order valence-corrected chi connectivity index (χ2v) is 21.4. The summed E-state index contributed by atoms with van der Waals surface area (Å²) in [6.45, 7) is 34.6. The molecule has 65 heavy (non-hydrogen) atoms. The summed E-state index contributed by atoms with van der Waals surface area (Å²) in [7, 11) is 0.916. The lowest BCUT2D eigenvalue weighted by Crippen LogP contribution is -2.41. The summed E-state index contributed by atoms with van der Waals surface area (Å²) in [5.41, 5.74) is -1.75.